The minimum atomic E-state index is 0.821. The van der Waals surface area contributed by atoms with Crippen LogP contribution in [0.25, 0.3) is 11.0 Å². The first kappa shape index (κ1) is 13.5. The lowest BCUT2D eigenvalue weighted by Gasteiger charge is -2.07. The second-order valence-electron chi connectivity index (χ2n) is 4.45. The van der Waals surface area contributed by atoms with Gasteiger partial charge in [0.25, 0.3) is 0 Å². The van der Waals surface area contributed by atoms with E-state index in [1.54, 1.807) is 6.20 Å². The summed E-state index contributed by atoms with van der Waals surface area (Å²) in [6, 6.07) is 8.33. The Bertz CT molecular complexity index is 739. The summed E-state index contributed by atoms with van der Waals surface area (Å²) >= 11 is 5.28. The van der Waals surface area contributed by atoms with Crippen LogP contribution in [0.3, 0.4) is 0 Å². The fourth-order valence-electron chi connectivity index (χ4n) is 2.04. The normalized spacial score (nSPS) is 10.9. The monoisotopic (exact) mass is 347 g/mol. The van der Waals surface area contributed by atoms with E-state index in [0.717, 1.165) is 34.2 Å². The number of rotatable bonds is 4. The molecule has 0 aliphatic carbocycles. The van der Waals surface area contributed by atoms with E-state index in [4.69, 9.17) is 0 Å². The highest BCUT2D eigenvalue weighted by Crippen LogP contribution is 2.24. The largest absolute Gasteiger partial charge is 0.378 e. The number of nitrogens with zero attached hydrogens (tertiary/aromatic N) is 2. The van der Waals surface area contributed by atoms with Crippen molar-refractivity contribution in [1.29, 1.82) is 0 Å². The zero-order chi connectivity index (χ0) is 13.9. The molecule has 1 N–H and O–H groups in total. The number of thiophene rings is 1. The minimum absolute atomic E-state index is 0.821. The van der Waals surface area contributed by atoms with Crippen LogP contribution in [0.2, 0.25) is 0 Å². The molecule has 0 aliphatic rings. The average molecular weight is 348 g/mol. The van der Waals surface area contributed by atoms with Gasteiger partial charge in [-0.15, -0.1) is 11.3 Å². The number of aromatic nitrogens is 2. The number of nitrogens with one attached hydrogen (secondary N) is 1. The van der Waals surface area contributed by atoms with Crippen molar-refractivity contribution >= 4 is 44.0 Å². The van der Waals surface area contributed by atoms with Crippen LogP contribution in [0.1, 0.15) is 16.7 Å². The van der Waals surface area contributed by atoms with Gasteiger partial charge < -0.3 is 5.32 Å². The lowest BCUT2D eigenvalue weighted by Crippen LogP contribution is -1.99. The second-order valence-corrected chi connectivity index (χ2v) is 6.62. The van der Waals surface area contributed by atoms with Crippen molar-refractivity contribution in [1.82, 2.24) is 9.97 Å². The summed E-state index contributed by atoms with van der Waals surface area (Å²) < 4.78 is 0.945. The van der Waals surface area contributed by atoms with Crippen molar-refractivity contribution < 1.29 is 0 Å². The van der Waals surface area contributed by atoms with Crippen molar-refractivity contribution in [2.75, 3.05) is 5.32 Å². The van der Waals surface area contributed by atoms with Crippen molar-refractivity contribution in [3.05, 3.63) is 50.9 Å². The number of hydrogen-bond donors (Lipinski definition) is 1. The fourth-order valence-corrected chi connectivity index (χ4v) is 3.25. The quantitative estimate of drug-likeness (QED) is 0.747. The summed E-state index contributed by atoms with van der Waals surface area (Å²) in [6.45, 7) is 3.00. The molecule has 3 heterocycles. The van der Waals surface area contributed by atoms with E-state index in [2.05, 4.69) is 50.3 Å². The average Bonchev–Trinajstić information content (AvgIpc) is 2.92. The molecule has 102 valence electrons. The van der Waals surface area contributed by atoms with Gasteiger partial charge in [-0.25, -0.2) is 0 Å². The molecule has 5 heteroatoms. The number of anilines is 1. The van der Waals surface area contributed by atoms with E-state index >= 15 is 0 Å². The maximum Gasteiger partial charge on any atom is 0.112 e. The first-order valence-electron chi connectivity index (χ1n) is 6.48. The van der Waals surface area contributed by atoms with Gasteiger partial charge in [-0.2, -0.15) is 0 Å². The van der Waals surface area contributed by atoms with Gasteiger partial charge in [0.2, 0.25) is 0 Å². The van der Waals surface area contributed by atoms with Crippen molar-refractivity contribution in [3.63, 3.8) is 0 Å². The molecule has 3 rings (SSSR count). The molecule has 0 unspecified atom stereocenters. The van der Waals surface area contributed by atoms with E-state index in [-0.39, 0.29) is 0 Å². The first-order chi connectivity index (χ1) is 9.76. The van der Waals surface area contributed by atoms with Crippen LogP contribution in [0, 0.1) is 0 Å². The van der Waals surface area contributed by atoms with Crippen molar-refractivity contribution in [3.8, 4) is 0 Å². The van der Waals surface area contributed by atoms with Crippen LogP contribution in [-0.2, 0) is 13.0 Å². The molecule has 3 nitrogen and oxygen atoms in total. The maximum atomic E-state index is 4.45. The highest BCUT2D eigenvalue weighted by Gasteiger charge is 2.05. The highest BCUT2D eigenvalue weighted by molar-refractivity contribution is 9.10. The van der Waals surface area contributed by atoms with Crippen molar-refractivity contribution in [2.45, 2.75) is 19.9 Å². The molecule has 0 saturated carbocycles. The summed E-state index contributed by atoms with van der Waals surface area (Å²) in [5.41, 5.74) is 2.82. The number of aryl methyl sites for hydroxylation is 1. The maximum absolute atomic E-state index is 4.45. The Morgan fingerprint density at radius 2 is 2.05 bits per heavy atom. The zero-order valence-corrected chi connectivity index (χ0v) is 13.5. The van der Waals surface area contributed by atoms with E-state index in [1.165, 1.54) is 9.75 Å². The topological polar surface area (TPSA) is 37.8 Å². The molecule has 0 bridgehead atoms. The smallest absolute Gasteiger partial charge is 0.112 e. The Balaban J connectivity index is 1.83. The van der Waals surface area contributed by atoms with Crippen LogP contribution in [0.15, 0.2) is 41.1 Å². The lowest BCUT2D eigenvalue weighted by atomic mass is 10.3. The summed E-state index contributed by atoms with van der Waals surface area (Å²) in [5, 5.41) is 3.45. The molecule has 3 aromatic heterocycles. The molecule has 3 aromatic rings. The first-order valence-corrected chi connectivity index (χ1v) is 8.09. The molecule has 20 heavy (non-hydrogen) atoms. The van der Waals surface area contributed by atoms with E-state index < -0.39 is 0 Å². The zero-order valence-electron chi connectivity index (χ0n) is 11.1. The lowest BCUT2D eigenvalue weighted by molar-refractivity contribution is 1.18. The predicted molar refractivity (Wildman–Crippen MR) is 88.3 cm³/mol. The SMILES string of the molecule is CCc1ccc(CNc2ccnc3cc(Br)cnc23)s1. The highest BCUT2D eigenvalue weighted by atomic mass is 79.9. The van der Waals surface area contributed by atoms with Crippen molar-refractivity contribution in [2.24, 2.45) is 0 Å². The van der Waals surface area contributed by atoms with Gasteiger partial charge in [0.15, 0.2) is 0 Å². The standard InChI is InChI=1S/C15H14BrN3S/c1-2-11-3-4-12(20-11)9-18-13-5-6-17-14-7-10(16)8-19-15(13)14/h3-8H,2,9H2,1H3,(H,17,18). The Kier molecular flexibility index (Phi) is 3.98. The van der Waals surface area contributed by atoms with Crippen LogP contribution < -0.4 is 5.32 Å². The number of pyridine rings is 2. The van der Waals surface area contributed by atoms with E-state index in [1.807, 2.05) is 29.7 Å². The van der Waals surface area contributed by atoms with Gasteiger partial charge in [0.05, 0.1) is 11.2 Å². The molecular formula is C15H14BrN3S. The van der Waals surface area contributed by atoms with Gasteiger partial charge >= 0.3 is 0 Å². The summed E-state index contributed by atoms with van der Waals surface area (Å²) in [5.74, 6) is 0. The molecule has 0 atom stereocenters. The van der Waals surface area contributed by atoms with Gasteiger partial charge in [0.1, 0.15) is 5.52 Å². The summed E-state index contributed by atoms with van der Waals surface area (Å²) in [6.07, 6.45) is 4.71. The molecule has 0 amide bonds. The van der Waals surface area contributed by atoms with Gasteiger partial charge in [0, 0.05) is 33.2 Å². The second kappa shape index (κ2) is 5.89. The van der Waals surface area contributed by atoms with Crippen LogP contribution in [-0.4, -0.2) is 9.97 Å². The van der Waals surface area contributed by atoms with Crippen LogP contribution in [0.5, 0.6) is 0 Å². The fraction of sp³-hybridized carbons (Fsp3) is 0.200. The molecular weight excluding hydrogens is 334 g/mol. The predicted octanol–water partition coefficient (Wildman–Crippen LogP) is 4.63. The third-order valence-corrected chi connectivity index (χ3v) is 4.73. The molecule has 0 aromatic carbocycles. The number of fused-ring (bicyclic) bond motifs is 1. The Morgan fingerprint density at radius 1 is 1.20 bits per heavy atom. The minimum Gasteiger partial charge on any atom is -0.378 e. The summed E-state index contributed by atoms with van der Waals surface area (Å²) in [7, 11) is 0. The molecule has 0 fully saturated rings. The van der Waals surface area contributed by atoms with Gasteiger partial charge in [-0.3, -0.25) is 9.97 Å². The van der Waals surface area contributed by atoms with E-state index in [9.17, 15) is 0 Å². The van der Waals surface area contributed by atoms with E-state index in [0.29, 0.717) is 0 Å². The molecule has 0 radical (unpaired) electrons. The molecule has 0 spiro atoms. The van der Waals surface area contributed by atoms with Gasteiger partial charge in [-0.05, 0) is 46.6 Å². The molecule has 0 saturated heterocycles. The number of halogens is 1. The van der Waals surface area contributed by atoms with Crippen LogP contribution in [0.4, 0.5) is 5.69 Å². The Hall–Kier alpha value is -1.46. The third kappa shape index (κ3) is 2.83. The Morgan fingerprint density at radius 3 is 2.85 bits per heavy atom. The third-order valence-electron chi connectivity index (χ3n) is 3.06. The summed E-state index contributed by atoms with van der Waals surface area (Å²) in [4.78, 5) is 11.5. The Labute approximate surface area is 130 Å². The molecule has 0 aliphatic heterocycles. The van der Waals surface area contributed by atoms with Gasteiger partial charge in [-0.1, -0.05) is 6.92 Å². The number of hydrogen-bond acceptors (Lipinski definition) is 4. The van der Waals surface area contributed by atoms with Crippen LogP contribution >= 0.6 is 27.3 Å².